The van der Waals surface area contributed by atoms with Crippen LogP contribution in [0.3, 0.4) is 0 Å². The largest absolute Gasteiger partial charge is 0.480 e. The Morgan fingerprint density at radius 1 is 1.53 bits per heavy atom. The highest BCUT2D eigenvalue weighted by Crippen LogP contribution is 2.22. The SMILES string of the molecule is O=C(O)C1CC(O)CN1C(=O)c1cc([N+](=O)[O-])c[nH]1. The first-order valence-corrected chi connectivity index (χ1v) is 5.44. The summed E-state index contributed by atoms with van der Waals surface area (Å²) in [5.41, 5.74) is -0.359. The highest BCUT2D eigenvalue weighted by atomic mass is 16.6. The van der Waals surface area contributed by atoms with E-state index in [2.05, 4.69) is 4.98 Å². The Morgan fingerprint density at radius 3 is 2.74 bits per heavy atom. The number of carbonyl (C=O) groups excluding carboxylic acids is 1. The van der Waals surface area contributed by atoms with Gasteiger partial charge in [-0.25, -0.2) is 4.79 Å². The zero-order valence-electron chi connectivity index (χ0n) is 9.65. The summed E-state index contributed by atoms with van der Waals surface area (Å²) in [7, 11) is 0. The molecule has 9 heteroatoms. The van der Waals surface area contributed by atoms with Crippen molar-refractivity contribution < 1.29 is 24.7 Å². The molecule has 1 aromatic heterocycles. The second-order valence-electron chi connectivity index (χ2n) is 4.23. The van der Waals surface area contributed by atoms with Crippen molar-refractivity contribution in [3.05, 3.63) is 28.1 Å². The summed E-state index contributed by atoms with van der Waals surface area (Å²) in [6.07, 6.45) is 0.0920. The third-order valence-corrected chi connectivity index (χ3v) is 2.93. The molecule has 2 unspecified atom stereocenters. The Hall–Kier alpha value is -2.42. The number of H-pyrrole nitrogens is 1. The summed E-state index contributed by atoms with van der Waals surface area (Å²) in [6.45, 7) is -0.109. The van der Waals surface area contributed by atoms with Crippen LogP contribution in [0.1, 0.15) is 16.9 Å². The summed E-state index contributed by atoms with van der Waals surface area (Å²) in [5, 5.41) is 28.9. The molecule has 1 aliphatic rings. The van der Waals surface area contributed by atoms with Crippen molar-refractivity contribution in [2.75, 3.05) is 6.54 Å². The number of likely N-dealkylation sites (tertiary alicyclic amines) is 1. The number of aliphatic hydroxyl groups is 1. The molecule has 19 heavy (non-hydrogen) atoms. The molecule has 0 spiro atoms. The topological polar surface area (TPSA) is 137 Å². The molecule has 1 fully saturated rings. The Labute approximate surface area is 106 Å². The average Bonchev–Trinajstić information content (AvgIpc) is 2.94. The van der Waals surface area contributed by atoms with Crippen molar-refractivity contribution in [2.24, 2.45) is 0 Å². The molecule has 0 aromatic carbocycles. The minimum Gasteiger partial charge on any atom is -0.480 e. The molecule has 9 nitrogen and oxygen atoms in total. The van der Waals surface area contributed by atoms with E-state index >= 15 is 0 Å². The molecule has 0 aliphatic carbocycles. The molecular formula is C10H11N3O6. The van der Waals surface area contributed by atoms with Gasteiger partial charge in [-0.1, -0.05) is 0 Å². The van der Waals surface area contributed by atoms with Crippen LogP contribution >= 0.6 is 0 Å². The lowest BCUT2D eigenvalue weighted by atomic mass is 10.2. The first-order valence-electron chi connectivity index (χ1n) is 5.44. The van der Waals surface area contributed by atoms with E-state index < -0.39 is 28.9 Å². The number of aromatic nitrogens is 1. The molecule has 1 amide bonds. The molecule has 2 heterocycles. The lowest BCUT2D eigenvalue weighted by Gasteiger charge is -2.20. The predicted molar refractivity (Wildman–Crippen MR) is 60.5 cm³/mol. The van der Waals surface area contributed by atoms with Gasteiger partial charge in [0.15, 0.2) is 0 Å². The summed E-state index contributed by atoms with van der Waals surface area (Å²) in [6, 6.07) is -0.0868. The van der Waals surface area contributed by atoms with Gasteiger partial charge in [-0.3, -0.25) is 14.9 Å². The molecule has 2 rings (SSSR count). The lowest BCUT2D eigenvalue weighted by Crippen LogP contribution is -2.40. The van der Waals surface area contributed by atoms with Crippen LogP contribution < -0.4 is 0 Å². The Balaban J connectivity index is 2.22. The smallest absolute Gasteiger partial charge is 0.326 e. The number of β-amino-alcohol motifs (C(OH)–C–C–N with tert-alkyl or cyclic N) is 1. The van der Waals surface area contributed by atoms with Gasteiger partial charge >= 0.3 is 5.97 Å². The summed E-state index contributed by atoms with van der Waals surface area (Å²) >= 11 is 0. The Morgan fingerprint density at radius 2 is 2.21 bits per heavy atom. The number of carboxylic acids is 1. The maximum atomic E-state index is 12.0. The lowest BCUT2D eigenvalue weighted by molar-refractivity contribution is -0.384. The number of aliphatic hydroxyl groups excluding tert-OH is 1. The van der Waals surface area contributed by atoms with E-state index in [0.717, 1.165) is 17.2 Å². The average molecular weight is 269 g/mol. The van der Waals surface area contributed by atoms with Crippen molar-refractivity contribution in [3.63, 3.8) is 0 Å². The van der Waals surface area contributed by atoms with Gasteiger partial charge < -0.3 is 20.1 Å². The molecule has 1 aromatic rings. The maximum Gasteiger partial charge on any atom is 0.326 e. The zero-order valence-corrected chi connectivity index (χ0v) is 9.65. The number of rotatable bonds is 3. The second-order valence-corrected chi connectivity index (χ2v) is 4.23. The highest BCUT2D eigenvalue weighted by molar-refractivity contribution is 5.96. The molecule has 1 saturated heterocycles. The molecule has 3 N–H and O–H groups in total. The fourth-order valence-corrected chi connectivity index (χ4v) is 2.04. The normalized spacial score (nSPS) is 22.5. The minimum absolute atomic E-state index is 0.0517. The number of hydrogen-bond acceptors (Lipinski definition) is 5. The fraction of sp³-hybridized carbons (Fsp3) is 0.400. The van der Waals surface area contributed by atoms with Gasteiger partial charge in [0.2, 0.25) is 0 Å². The van der Waals surface area contributed by atoms with E-state index in [1.165, 1.54) is 0 Å². The Bertz CT molecular complexity index is 539. The maximum absolute atomic E-state index is 12.0. The third-order valence-electron chi connectivity index (χ3n) is 2.93. The van der Waals surface area contributed by atoms with E-state index in [9.17, 15) is 24.8 Å². The molecule has 1 aliphatic heterocycles. The second kappa shape index (κ2) is 4.69. The molecule has 0 saturated carbocycles. The molecule has 102 valence electrons. The van der Waals surface area contributed by atoms with E-state index in [1.807, 2.05) is 0 Å². The summed E-state index contributed by atoms with van der Waals surface area (Å²) in [5.74, 6) is -1.90. The van der Waals surface area contributed by atoms with Gasteiger partial charge in [0.25, 0.3) is 11.6 Å². The number of nitrogens with zero attached hydrogens (tertiary/aromatic N) is 2. The monoisotopic (exact) mass is 269 g/mol. The van der Waals surface area contributed by atoms with Crippen LogP contribution in [-0.4, -0.2) is 55.6 Å². The van der Waals surface area contributed by atoms with Gasteiger partial charge in [-0.05, 0) is 0 Å². The highest BCUT2D eigenvalue weighted by Gasteiger charge is 2.39. The number of nitrogens with one attached hydrogen (secondary N) is 1. The van der Waals surface area contributed by atoms with E-state index in [4.69, 9.17) is 5.11 Å². The first kappa shape index (κ1) is 13.0. The number of aliphatic carboxylic acids is 1. The van der Waals surface area contributed by atoms with Crippen molar-refractivity contribution >= 4 is 17.6 Å². The van der Waals surface area contributed by atoms with Crippen LogP contribution in [0.15, 0.2) is 12.3 Å². The molecule has 0 bridgehead atoms. The van der Waals surface area contributed by atoms with Gasteiger partial charge in [0, 0.05) is 19.0 Å². The van der Waals surface area contributed by atoms with Gasteiger partial charge in [-0.15, -0.1) is 0 Å². The van der Waals surface area contributed by atoms with Crippen LogP contribution in [0.4, 0.5) is 5.69 Å². The number of nitro groups is 1. The van der Waals surface area contributed by atoms with Crippen molar-refractivity contribution in [1.82, 2.24) is 9.88 Å². The van der Waals surface area contributed by atoms with E-state index in [-0.39, 0.29) is 24.3 Å². The predicted octanol–water partition coefficient (Wildman–Crippen LogP) is -0.417. The van der Waals surface area contributed by atoms with E-state index in [0.29, 0.717) is 0 Å². The third kappa shape index (κ3) is 2.40. The number of carbonyl (C=O) groups is 2. The number of amides is 1. The van der Waals surface area contributed by atoms with Crippen molar-refractivity contribution in [3.8, 4) is 0 Å². The van der Waals surface area contributed by atoms with Gasteiger partial charge in [-0.2, -0.15) is 0 Å². The molecule has 2 atom stereocenters. The summed E-state index contributed by atoms with van der Waals surface area (Å²) in [4.78, 5) is 36.3. The van der Waals surface area contributed by atoms with Crippen LogP contribution in [0, 0.1) is 10.1 Å². The van der Waals surface area contributed by atoms with E-state index in [1.54, 1.807) is 0 Å². The zero-order chi connectivity index (χ0) is 14.2. The number of aromatic amines is 1. The van der Waals surface area contributed by atoms with Crippen LogP contribution in [0.5, 0.6) is 0 Å². The first-order chi connectivity index (χ1) is 8.90. The fourth-order valence-electron chi connectivity index (χ4n) is 2.04. The summed E-state index contributed by atoms with van der Waals surface area (Å²) < 4.78 is 0. The van der Waals surface area contributed by atoms with Gasteiger partial charge in [0.05, 0.1) is 17.2 Å². The molecule has 0 radical (unpaired) electrons. The van der Waals surface area contributed by atoms with Crippen LogP contribution in [-0.2, 0) is 4.79 Å². The number of carboxylic acid groups (broad SMARTS) is 1. The Kier molecular flexibility index (Phi) is 3.21. The standard InChI is InChI=1S/C10H11N3O6/c14-6-2-8(10(16)17)12(4-6)9(15)7-1-5(3-11-7)13(18)19/h1,3,6,8,11,14H,2,4H2,(H,16,17). The van der Waals surface area contributed by atoms with Gasteiger partial charge in [0.1, 0.15) is 11.7 Å². The van der Waals surface area contributed by atoms with Crippen molar-refractivity contribution in [1.29, 1.82) is 0 Å². The van der Waals surface area contributed by atoms with Crippen molar-refractivity contribution in [2.45, 2.75) is 18.6 Å². The minimum atomic E-state index is -1.22. The number of hydrogen-bond donors (Lipinski definition) is 3. The van der Waals surface area contributed by atoms with Crippen LogP contribution in [0.2, 0.25) is 0 Å². The van der Waals surface area contributed by atoms with Crippen LogP contribution in [0.25, 0.3) is 0 Å². The molecular weight excluding hydrogens is 258 g/mol. The quantitative estimate of drug-likeness (QED) is 0.503.